The van der Waals surface area contributed by atoms with Crippen LogP contribution in [0.3, 0.4) is 0 Å². The Kier molecular flexibility index (Phi) is 3.44. The van der Waals surface area contributed by atoms with Crippen LogP contribution >= 0.6 is 22.9 Å². The molecule has 0 radical (unpaired) electrons. The van der Waals surface area contributed by atoms with Gasteiger partial charge in [-0.05, 0) is 29.8 Å². The molecule has 2 nitrogen and oxygen atoms in total. The van der Waals surface area contributed by atoms with Crippen molar-refractivity contribution in [2.24, 2.45) is 3.21 Å². The molecule has 0 saturated heterocycles. The van der Waals surface area contributed by atoms with Crippen LogP contribution in [0, 0.1) is 0 Å². The molecule has 0 aliphatic carbocycles. The van der Waals surface area contributed by atoms with E-state index in [1.807, 2.05) is 53.2 Å². The summed E-state index contributed by atoms with van der Waals surface area (Å²) < 4.78 is 10.1. The van der Waals surface area contributed by atoms with Crippen molar-refractivity contribution in [2.45, 2.75) is 0 Å². The van der Waals surface area contributed by atoms with Crippen molar-refractivity contribution < 1.29 is 4.42 Å². The fourth-order valence-corrected chi connectivity index (χ4v) is 2.82. The number of para-hydroxylation sites is 1. The second-order valence-corrected chi connectivity index (χ2v) is 4.89. The molecule has 0 amide bonds. The Bertz CT molecular complexity index is 858. The highest BCUT2D eigenvalue weighted by Gasteiger charge is 2.12. The topological polar surface area (TPSA) is 25.5 Å². The Morgan fingerprint density at radius 2 is 1.90 bits per heavy atom. The summed E-state index contributed by atoms with van der Waals surface area (Å²) in [4.78, 5) is 0. The SMILES string of the molecule is C=CC(=NI)c1cc2c(cc1C=C)oc1ccccc12. The van der Waals surface area contributed by atoms with Crippen LogP contribution in [0.15, 0.2) is 63.3 Å². The monoisotopic (exact) mass is 373 g/mol. The van der Waals surface area contributed by atoms with Gasteiger partial charge in [0.1, 0.15) is 11.2 Å². The fourth-order valence-electron chi connectivity index (χ4n) is 2.37. The van der Waals surface area contributed by atoms with Gasteiger partial charge in [-0.2, -0.15) is 0 Å². The normalized spacial score (nSPS) is 11.9. The molecule has 0 unspecified atom stereocenters. The minimum atomic E-state index is 0.840. The molecule has 0 spiro atoms. The molecule has 2 aromatic carbocycles. The van der Waals surface area contributed by atoms with E-state index >= 15 is 0 Å². The van der Waals surface area contributed by atoms with Gasteiger partial charge in [-0.3, -0.25) is 0 Å². The minimum Gasteiger partial charge on any atom is -0.456 e. The van der Waals surface area contributed by atoms with Gasteiger partial charge >= 0.3 is 0 Å². The maximum absolute atomic E-state index is 5.88. The lowest BCUT2D eigenvalue weighted by Gasteiger charge is -2.05. The Labute approximate surface area is 131 Å². The summed E-state index contributed by atoms with van der Waals surface area (Å²) in [7, 11) is 0. The standard InChI is InChI=1S/C17H12INO/c1-3-11-9-17-14(10-13(11)15(4-2)19-18)12-7-5-6-8-16(12)20-17/h3-10H,1-2H2. The molecular weight excluding hydrogens is 361 g/mol. The molecular formula is C17H12INO. The Balaban J connectivity index is 2.43. The maximum atomic E-state index is 5.88. The molecule has 0 N–H and O–H groups in total. The van der Waals surface area contributed by atoms with Crippen LogP contribution in [0.4, 0.5) is 0 Å². The number of rotatable bonds is 3. The average molecular weight is 373 g/mol. The lowest BCUT2D eigenvalue weighted by Crippen LogP contribution is -1.98. The summed E-state index contributed by atoms with van der Waals surface area (Å²) in [6, 6.07) is 12.1. The zero-order chi connectivity index (χ0) is 14.1. The van der Waals surface area contributed by atoms with Crippen molar-refractivity contribution in [1.82, 2.24) is 0 Å². The van der Waals surface area contributed by atoms with Gasteiger partial charge < -0.3 is 4.42 Å². The summed E-state index contributed by atoms with van der Waals surface area (Å²) >= 11 is 1.99. The van der Waals surface area contributed by atoms with E-state index in [2.05, 4.69) is 28.5 Å². The quantitative estimate of drug-likeness (QED) is 0.436. The molecule has 3 heteroatoms. The summed E-state index contributed by atoms with van der Waals surface area (Å²) in [5.41, 5.74) is 4.60. The maximum Gasteiger partial charge on any atom is 0.136 e. The van der Waals surface area contributed by atoms with E-state index in [4.69, 9.17) is 4.42 Å². The van der Waals surface area contributed by atoms with Gasteiger partial charge in [0.15, 0.2) is 0 Å². The molecule has 0 bridgehead atoms. The Morgan fingerprint density at radius 1 is 1.10 bits per heavy atom. The first-order chi connectivity index (χ1) is 9.78. The van der Waals surface area contributed by atoms with E-state index in [-0.39, 0.29) is 0 Å². The van der Waals surface area contributed by atoms with Gasteiger partial charge in [-0.15, -0.1) is 0 Å². The lowest BCUT2D eigenvalue weighted by atomic mass is 9.99. The number of hydrogen-bond acceptors (Lipinski definition) is 2. The van der Waals surface area contributed by atoms with Crippen LogP contribution in [-0.2, 0) is 0 Å². The zero-order valence-corrected chi connectivity index (χ0v) is 12.9. The van der Waals surface area contributed by atoms with Crippen LogP contribution in [0.25, 0.3) is 28.0 Å². The summed E-state index contributed by atoms with van der Waals surface area (Å²) in [5, 5.41) is 2.19. The van der Waals surface area contributed by atoms with Crippen LogP contribution < -0.4 is 0 Å². The van der Waals surface area contributed by atoms with Crippen molar-refractivity contribution in [2.75, 3.05) is 0 Å². The molecule has 0 aliphatic heterocycles. The molecule has 20 heavy (non-hydrogen) atoms. The predicted octanol–water partition coefficient (Wildman–Crippen LogP) is 5.55. The number of furan rings is 1. The summed E-state index contributed by atoms with van der Waals surface area (Å²) in [5.74, 6) is 0. The van der Waals surface area contributed by atoms with E-state index in [0.717, 1.165) is 38.8 Å². The Hall–Kier alpha value is -1.88. The average Bonchev–Trinajstić information content (AvgIpc) is 2.85. The van der Waals surface area contributed by atoms with Crippen molar-refractivity contribution in [3.63, 3.8) is 0 Å². The predicted molar refractivity (Wildman–Crippen MR) is 94.6 cm³/mol. The first-order valence-corrected chi connectivity index (χ1v) is 7.14. The van der Waals surface area contributed by atoms with Crippen molar-refractivity contribution in [1.29, 1.82) is 0 Å². The molecule has 3 aromatic rings. The van der Waals surface area contributed by atoms with Gasteiger partial charge in [-0.1, -0.05) is 37.4 Å². The fraction of sp³-hybridized carbons (Fsp3) is 0. The third-order valence-electron chi connectivity index (χ3n) is 3.33. The summed E-state index contributed by atoms with van der Waals surface area (Å²) in [6.45, 7) is 7.69. The smallest absolute Gasteiger partial charge is 0.136 e. The Morgan fingerprint density at radius 3 is 2.60 bits per heavy atom. The molecule has 0 aliphatic rings. The molecule has 1 aromatic heterocycles. The molecule has 0 atom stereocenters. The molecule has 3 rings (SSSR count). The number of fused-ring (bicyclic) bond motifs is 3. The second-order valence-electron chi connectivity index (χ2n) is 4.41. The van der Waals surface area contributed by atoms with Crippen molar-refractivity contribution >= 4 is 56.6 Å². The third kappa shape index (κ3) is 1.98. The van der Waals surface area contributed by atoms with E-state index in [1.165, 1.54) is 0 Å². The molecule has 0 fully saturated rings. The van der Waals surface area contributed by atoms with E-state index < -0.39 is 0 Å². The second kappa shape index (κ2) is 5.25. The number of hydrogen-bond donors (Lipinski definition) is 0. The number of halogens is 1. The summed E-state index contributed by atoms with van der Waals surface area (Å²) in [6.07, 6.45) is 3.57. The van der Waals surface area contributed by atoms with Crippen LogP contribution in [0.2, 0.25) is 0 Å². The first-order valence-electron chi connectivity index (χ1n) is 6.18. The molecule has 98 valence electrons. The first kappa shape index (κ1) is 13.1. The molecule has 1 heterocycles. The zero-order valence-electron chi connectivity index (χ0n) is 10.8. The number of allylic oxidation sites excluding steroid dienone is 1. The minimum absolute atomic E-state index is 0.840. The van der Waals surface area contributed by atoms with Gasteiger partial charge in [0.05, 0.1) is 28.6 Å². The highest BCUT2D eigenvalue weighted by atomic mass is 127. The van der Waals surface area contributed by atoms with E-state index in [9.17, 15) is 0 Å². The van der Waals surface area contributed by atoms with Crippen LogP contribution in [0.5, 0.6) is 0 Å². The molecule has 0 saturated carbocycles. The van der Waals surface area contributed by atoms with E-state index in [1.54, 1.807) is 6.08 Å². The van der Waals surface area contributed by atoms with Crippen molar-refractivity contribution in [3.8, 4) is 0 Å². The van der Waals surface area contributed by atoms with Crippen LogP contribution in [-0.4, -0.2) is 5.71 Å². The highest BCUT2D eigenvalue weighted by molar-refractivity contribution is 14.1. The van der Waals surface area contributed by atoms with Gasteiger partial charge in [0.2, 0.25) is 0 Å². The number of benzene rings is 2. The largest absolute Gasteiger partial charge is 0.456 e. The van der Waals surface area contributed by atoms with E-state index in [0.29, 0.717) is 0 Å². The third-order valence-corrected chi connectivity index (χ3v) is 3.85. The van der Waals surface area contributed by atoms with Gasteiger partial charge in [0.25, 0.3) is 0 Å². The van der Waals surface area contributed by atoms with Crippen molar-refractivity contribution in [3.05, 3.63) is 66.8 Å². The van der Waals surface area contributed by atoms with Gasteiger partial charge in [-0.25, -0.2) is 3.21 Å². The van der Waals surface area contributed by atoms with Gasteiger partial charge in [0, 0.05) is 16.3 Å². The number of nitrogens with zero attached hydrogens (tertiary/aromatic N) is 1. The highest BCUT2D eigenvalue weighted by Crippen LogP contribution is 2.31. The lowest BCUT2D eigenvalue weighted by molar-refractivity contribution is 0.669. The van der Waals surface area contributed by atoms with Crippen LogP contribution in [0.1, 0.15) is 11.1 Å².